The molecule has 4 N–H and O–H groups in total. The molecule has 7 heteroatoms. The van der Waals surface area contributed by atoms with Gasteiger partial charge in [0.05, 0.1) is 7.11 Å². The predicted molar refractivity (Wildman–Crippen MR) is 81.2 cm³/mol. The van der Waals surface area contributed by atoms with Gasteiger partial charge in [-0.25, -0.2) is 10.8 Å². The minimum atomic E-state index is -0.325. The number of nitrogen functional groups attached to an aromatic ring is 1. The fraction of sp³-hybridized carbons (Fsp3) is 0.143. The van der Waals surface area contributed by atoms with Crippen LogP contribution in [0.1, 0.15) is 16.1 Å². The fourth-order valence-electron chi connectivity index (χ4n) is 1.80. The van der Waals surface area contributed by atoms with E-state index >= 15 is 0 Å². The molecule has 0 aliphatic rings. The van der Waals surface area contributed by atoms with Crippen molar-refractivity contribution in [1.82, 2.24) is 10.3 Å². The molecule has 1 heterocycles. The number of carbonyl (C=O) groups excluding carboxylic acids is 1. The molecule has 0 atom stereocenters. The van der Waals surface area contributed by atoms with Gasteiger partial charge in [0, 0.05) is 17.1 Å². The average Bonchev–Trinajstić information content (AvgIpc) is 2.53. The van der Waals surface area contributed by atoms with Gasteiger partial charge in [-0.2, -0.15) is 0 Å². The lowest BCUT2D eigenvalue weighted by Gasteiger charge is -2.11. The third-order valence-corrected chi connectivity index (χ3v) is 3.21. The smallest absolute Gasteiger partial charge is 0.270 e. The Hall–Kier alpha value is -2.31. The third kappa shape index (κ3) is 3.62. The van der Waals surface area contributed by atoms with Gasteiger partial charge in [0.1, 0.15) is 17.3 Å². The van der Waals surface area contributed by atoms with Crippen LogP contribution in [-0.4, -0.2) is 18.0 Å². The molecule has 0 aliphatic heterocycles. The number of pyridine rings is 1. The number of aromatic nitrogens is 1. The van der Waals surface area contributed by atoms with Gasteiger partial charge in [-0.05, 0) is 24.3 Å². The number of nitrogens with one attached hydrogen (secondary N) is 2. The van der Waals surface area contributed by atoms with Crippen molar-refractivity contribution in [3.63, 3.8) is 0 Å². The lowest BCUT2D eigenvalue weighted by Crippen LogP contribution is -2.24. The number of halogens is 1. The quantitative estimate of drug-likeness (QED) is 0.580. The molecule has 110 valence electrons. The van der Waals surface area contributed by atoms with Crippen LogP contribution >= 0.6 is 11.6 Å². The second-order valence-electron chi connectivity index (χ2n) is 4.16. The van der Waals surface area contributed by atoms with Crippen molar-refractivity contribution < 1.29 is 9.53 Å². The second kappa shape index (κ2) is 6.92. The van der Waals surface area contributed by atoms with Crippen LogP contribution in [0.15, 0.2) is 36.4 Å². The number of rotatable bonds is 5. The van der Waals surface area contributed by atoms with Gasteiger partial charge in [0.2, 0.25) is 0 Å². The summed E-state index contributed by atoms with van der Waals surface area (Å²) in [7, 11) is 1.55. The summed E-state index contributed by atoms with van der Waals surface area (Å²) in [6.45, 7) is 0.240. The fourth-order valence-corrected chi connectivity index (χ4v) is 2.04. The number of hydrazine groups is 1. The first kappa shape index (κ1) is 15.1. The Bertz CT molecular complexity index is 649. The molecule has 0 saturated heterocycles. The molecule has 0 spiro atoms. The molecule has 0 aliphatic carbocycles. The van der Waals surface area contributed by atoms with Crippen LogP contribution in [0, 0.1) is 0 Å². The Labute approximate surface area is 127 Å². The summed E-state index contributed by atoms with van der Waals surface area (Å²) >= 11 is 6.11. The summed E-state index contributed by atoms with van der Waals surface area (Å²) in [4.78, 5) is 16.1. The van der Waals surface area contributed by atoms with Crippen LogP contribution in [0.3, 0.4) is 0 Å². The number of nitrogens with two attached hydrogens (primary N) is 1. The molecule has 6 nitrogen and oxygen atoms in total. The molecule has 0 bridgehead atoms. The first-order valence-electron chi connectivity index (χ1n) is 6.19. The van der Waals surface area contributed by atoms with E-state index in [2.05, 4.69) is 15.7 Å². The lowest BCUT2D eigenvalue weighted by molar-refractivity contribution is 0.0946. The number of amides is 1. The van der Waals surface area contributed by atoms with E-state index in [1.165, 1.54) is 0 Å². The van der Waals surface area contributed by atoms with Crippen molar-refractivity contribution in [3.8, 4) is 5.75 Å². The molecule has 1 aromatic heterocycles. The minimum Gasteiger partial charge on any atom is -0.496 e. The molecule has 1 amide bonds. The highest BCUT2D eigenvalue weighted by Crippen LogP contribution is 2.25. The highest BCUT2D eigenvalue weighted by atomic mass is 35.5. The number of hydrogen-bond donors (Lipinski definition) is 3. The maximum absolute atomic E-state index is 12.1. The molecule has 2 rings (SSSR count). The van der Waals surface area contributed by atoms with E-state index in [0.717, 1.165) is 0 Å². The summed E-state index contributed by atoms with van der Waals surface area (Å²) in [6, 6.07) is 10.2. The van der Waals surface area contributed by atoms with E-state index in [1.807, 2.05) is 0 Å². The Morgan fingerprint density at radius 1 is 1.33 bits per heavy atom. The van der Waals surface area contributed by atoms with E-state index < -0.39 is 0 Å². The van der Waals surface area contributed by atoms with Crippen LogP contribution in [0.4, 0.5) is 5.82 Å². The summed E-state index contributed by atoms with van der Waals surface area (Å²) in [5, 5.41) is 3.28. The Morgan fingerprint density at radius 2 is 2.10 bits per heavy atom. The monoisotopic (exact) mass is 306 g/mol. The highest BCUT2D eigenvalue weighted by molar-refractivity contribution is 6.31. The standard InChI is InChI=1S/C14H15ClN4O2/c1-21-12-6-2-4-10(15)9(12)8-17-14(20)11-5-3-7-13(18-11)19-16/h2-7H,8,16H2,1H3,(H,17,20)(H,18,19). The second-order valence-corrected chi connectivity index (χ2v) is 4.56. The topological polar surface area (TPSA) is 89.3 Å². The zero-order chi connectivity index (χ0) is 15.2. The molecule has 2 aromatic rings. The molecule has 0 unspecified atom stereocenters. The van der Waals surface area contributed by atoms with Crippen molar-refractivity contribution in [2.24, 2.45) is 5.84 Å². The van der Waals surface area contributed by atoms with Crippen molar-refractivity contribution >= 4 is 23.3 Å². The van der Waals surface area contributed by atoms with Crippen molar-refractivity contribution in [2.75, 3.05) is 12.5 Å². The minimum absolute atomic E-state index is 0.240. The van der Waals surface area contributed by atoms with Crippen LogP contribution in [0.25, 0.3) is 0 Å². The predicted octanol–water partition coefficient (Wildman–Crippen LogP) is 1.96. The molecule has 0 saturated carbocycles. The number of benzene rings is 1. The molecule has 1 aromatic carbocycles. The van der Waals surface area contributed by atoms with Crippen molar-refractivity contribution in [1.29, 1.82) is 0 Å². The molecule has 0 fully saturated rings. The molecule has 21 heavy (non-hydrogen) atoms. The number of anilines is 1. The number of nitrogens with zero attached hydrogens (tertiary/aromatic N) is 1. The molecular weight excluding hydrogens is 292 g/mol. The van der Waals surface area contributed by atoms with Crippen LogP contribution in [0.5, 0.6) is 5.75 Å². The van der Waals surface area contributed by atoms with Crippen LogP contribution in [-0.2, 0) is 6.54 Å². The third-order valence-electron chi connectivity index (χ3n) is 2.85. The van der Waals surface area contributed by atoms with E-state index in [0.29, 0.717) is 22.2 Å². The summed E-state index contributed by atoms with van der Waals surface area (Å²) < 4.78 is 5.22. The van der Waals surface area contributed by atoms with E-state index in [1.54, 1.807) is 43.5 Å². The highest BCUT2D eigenvalue weighted by Gasteiger charge is 2.11. The number of carbonyl (C=O) groups is 1. The summed E-state index contributed by atoms with van der Waals surface area (Å²) in [6.07, 6.45) is 0. The van der Waals surface area contributed by atoms with Gasteiger partial charge in [-0.15, -0.1) is 0 Å². The van der Waals surface area contributed by atoms with E-state index in [4.69, 9.17) is 22.2 Å². The maximum Gasteiger partial charge on any atom is 0.270 e. The first-order chi connectivity index (χ1) is 10.2. The van der Waals surface area contributed by atoms with Gasteiger partial charge in [0.15, 0.2) is 0 Å². The number of hydrogen-bond acceptors (Lipinski definition) is 5. The first-order valence-corrected chi connectivity index (χ1v) is 6.56. The van der Waals surface area contributed by atoms with Gasteiger partial charge in [-0.3, -0.25) is 4.79 Å². The normalized spacial score (nSPS) is 10.0. The van der Waals surface area contributed by atoms with Gasteiger partial charge in [-0.1, -0.05) is 23.7 Å². The Kier molecular flexibility index (Phi) is 4.97. The zero-order valence-corrected chi connectivity index (χ0v) is 12.1. The molecule has 0 radical (unpaired) electrons. The van der Waals surface area contributed by atoms with Crippen molar-refractivity contribution in [2.45, 2.75) is 6.54 Å². The van der Waals surface area contributed by atoms with Gasteiger partial charge in [0.25, 0.3) is 5.91 Å². The van der Waals surface area contributed by atoms with Crippen LogP contribution in [0.2, 0.25) is 5.02 Å². The van der Waals surface area contributed by atoms with Crippen LogP contribution < -0.4 is 21.3 Å². The number of ether oxygens (including phenoxy) is 1. The average molecular weight is 307 g/mol. The summed E-state index contributed by atoms with van der Waals surface area (Å²) in [5.41, 5.74) is 3.36. The van der Waals surface area contributed by atoms with E-state index in [-0.39, 0.29) is 18.1 Å². The summed E-state index contributed by atoms with van der Waals surface area (Å²) in [5.74, 6) is 5.97. The number of methoxy groups -OCH3 is 1. The SMILES string of the molecule is COc1cccc(Cl)c1CNC(=O)c1cccc(NN)n1. The zero-order valence-electron chi connectivity index (χ0n) is 11.4. The molecular formula is C14H15ClN4O2. The largest absolute Gasteiger partial charge is 0.496 e. The van der Waals surface area contributed by atoms with Gasteiger partial charge >= 0.3 is 0 Å². The Morgan fingerprint density at radius 3 is 2.81 bits per heavy atom. The lowest BCUT2D eigenvalue weighted by atomic mass is 10.2. The van der Waals surface area contributed by atoms with Crippen molar-refractivity contribution in [3.05, 3.63) is 52.7 Å². The van der Waals surface area contributed by atoms with Gasteiger partial charge < -0.3 is 15.5 Å². The van der Waals surface area contributed by atoms with E-state index in [9.17, 15) is 4.79 Å². The Balaban J connectivity index is 2.11. The maximum atomic E-state index is 12.1.